The number of phosphoric acid groups is 1. The first-order valence-corrected chi connectivity index (χ1v) is 38.4. The molecule has 510 valence electrons. The summed E-state index contributed by atoms with van der Waals surface area (Å²) in [4.78, 5) is 38.1. The van der Waals surface area contributed by atoms with Crippen LogP contribution in [0.25, 0.3) is 0 Å². The Labute approximate surface area is 544 Å². The van der Waals surface area contributed by atoms with Crippen LogP contribution in [-0.4, -0.2) is 70.0 Å². The topological polar surface area (TPSA) is 111 Å². The number of carbonyl (C=O) groups excluding carboxylic acids is 2. The lowest BCUT2D eigenvalue weighted by Gasteiger charge is -2.28. The standard InChI is InChI=1S/C78H140NO8P/c1-6-8-10-12-14-16-18-20-22-24-26-28-30-32-33-34-35-36-37-38-39-40-41-42-43-44-45-47-49-51-53-55-57-59-61-63-65-67-69-71-78(81)87-76(75-86-88(82,83)85-73-72-79(3,4)5)74-84-77(80)70-68-66-64-62-60-58-56-54-52-50-48-46-31-29-27-25-23-21-19-17-15-13-11-9-7-2/h8,10,14,16,19-22,25-28,31-33,46,76H,6-7,9,11-13,15,17-18,23-24,29-30,34-45,47-75H2,1-5H3/b10-8-,16-14-,21-19-,22-20-,27-25-,28-26-,33-32-,46-31-. The van der Waals surface area contributed by atoms with Crippen molar-refractivity contribution in [1.29, 1.82) is 0 Å². The molecular formula is C78H140NO8P. The molecule has 88 heavy (non-hydrogen) atoms. The molecule has 0 bridgehead atoms. The second kappa shape index (κ2) is 68.3. The summed E-state index contributed by atoms with van der Waals surface area (Å²) in [6, 6.07) is 0. The number of carbonyl (C=O) groups is 2. The van der Waals surface area contributed by atoms with Gasteiger partial charge in [-0.1, -0.05) is 323 Å². The Morgan fingerprint density at radius 2 is 0.648 bits per heavy atom. The Hall–Kier alpha value is -3.07. The van der Waals surface area contributed by atoms with Crippen LogP contribution in [-0.2, 0) is 32.7 Å². The molecule has 0 aliphatic carbocycles. The predicted octanol–water partition coefficient (Wildman–Crippen LogP) is 23.6. The van der Waals surface area contributed by atoms with Gasteiger partial charge in [0.15, 0.2) is 6.10 Å². The minimum Gasteiger partial charge on any atom is -0.756 e. The Morgan fingerprint density at radius 1 is 0.364 bits per heavy atom. The molecule has 2 unspecified atom stereocenters. The van der Waals surface area contributed by atoms with Crippen molar-refractivity contribution in [3.63, 3.8) is 0 Å². The van der Waals surface area contributed by atoms with Gasteiger partial charge in [-0.05, 0) is 96.3 Å². The van der Waals surface area contributed by atoms with Gasteiger partial charge in [-0.2, -0.15) is 0 Å². The molecule has 0 aliphatic heterocycles. The molecule has 0 fully saturated rings. The van der Waals surface area contributed by atoms with Crippen LogP contribution in [0.2, 0.25) is 0 Å². The van der Waals surface area contributed by atoms with E-state index in [-0.39, 0.29) is 32.0 Å². The highest BCUT2D eigenvalue weighted by atomic mass is 31.2. The van der Waals surface area contributed by atoms with Crippen molar-refractivity contribution in [3.8, 4) is 0 Å². The van der Waals surface area contributed by atoms with E-state index < -0.39 is 26.5 Å². The summed E-state index contributed by atoms with van der Waals surface area (Å²) in [6.45, 7) is 4.15. The van der Waals surface area contributed by atoms with Gasteiger partial charge in [0.05, 0.1) is 27.7 Å². The van der Waals surface area contributed by atoms with E-state index in [2.05, 4.69) is 111 Å². The zero-order chi connectivity index (χ0) is 64.1. The van der Waals surface area contributed by atoms with Crippen LogP contribution in [0.15, 0.2) is 97.2 Å². The molecule has 9 nitrogen and oxygen atoms in total. The van der Waals surface area contributed by atoms with E-state index in [9.17, 15) is 19.0 Å². The number of nitrogens with zero attached hydrogens (tertiary/aromatic N) is 1. The van der Waals surface area contributed by atoms with Gasteiger partial charge in [-0.25, -0.2) is 0 Å². The fourth-order valence-corrected chi connectivity index (χ4v) is 11.2. The molecule has 0 N–H and O–H groups in total. The molecule has 0 saturated carbocycles. The molecular weight excluding hydrogens is 1110 g/mol. The highest BCUT2D eigenvalue weighted by Gasteiger charge is 2.22. The third-order valence-electron chi connectivity index (χ3n) is 16.1. The van der Waals surface area contributed by atoms with E-state index in [0.717, 1.165) is 83.5 Å². The van der Waals surface area contributed by atoms with Gasteiger partial charge in [0.1, 0.15) is 19.8 Å². The molecule has 0 saturated heterocycles. The lowest BCUT2D eigenvalue weighted by atomic mass is 10.0. The minimum atomic E-state index is -4.65. The zero-order valence-electron chi connectivity index (χ0n) is 58.2. The van der Waals surface area contributed by atoms with E-state index in [1.54, 1.807) is 0 Å². The monoisotopic (exact) mass is 1250 g/mol. The molecule has 0 radical (unpaired) electrons. The zero-order valence-corrected chi connectivity index (χ0v) is 59.1. The third kappa shape index (κ3) is 72.0. The van der Waals surface area contributed by atoms with E-state index in [1.807, 2.05) is 21.1 Å². The van der Waals surface area contributed by atoms with Gasteiger partial charge in [0.25, 0.3) is 7.82 Å². The first kappa shape index (κ1) is 84.9. The molecule has 0 spiro atoms. The highest BCUT2D eigenvalue weighted by Crippen LogP contribution is 2.38. The van der Waals surface area contributed by atoms with Crippen LogP contribution in [0.3, 0.4) is 0 Å². The van der Waals surface area contributed by atoms with Crippen molar-refractivity contribution in [1.82, 2.24) is 0 Å². The Morgan fingerprint density at radius 3 is 0.966 bits per heavy atom. The lowest BCUT2D eigenvalue weighted by Crippen LogP contribution is -2.37. The minimum absolute atomic E-state index is 0.0326. The smallest absolute Gasteiger partial charge is 0.306 e. The van der Waals surface area contributed by atoms with Crippen LogP contribution >= 0.6 is 7.82 Å². The average Bonchev–Trinajstić information content (AvgIpc) is 3.68. The lowest BCUT2D eigenvalue weighted by molar-refractivity contribution is -0.870. The number of hydrogen-bond acceptors (Lipinski definition) is 8. The number of likely N-dealkylation sites (N-methyl/N-ethyl adjacent to an activating group) is 1. The summed E-state index contributed by atoms with van der Waals surface area (Å²) in [5.41, 5.74) is 0. The van der Waals surface area contributed by atoms with Crippen LogP contribution in [0, 0.1) is 0 Å². The largest absolute Gasteiger partial charge is 0.756 e. The number of unbranched alkanes of at least 4 members (excludes halogenated alkanes) is 38. The number of ether oxygens (including phenoxy) is 2. The van der Waals surface area contributed by atoms with Crippen LogP contribution < -0.4 is 4.89 Å². The van der Waals surface area contributed by atoms with Gasteiger partial charge < -0.3 is 27.9 Å². The summed E-state index contributed by atoms with van der Waals surface area (Å²) < 4.78 is 34.3. The van der Waals surface area contributed by atoms with Crippen molar-refractivity contribution >= 4 is 19.8 Å². The van der Waals surface area contributed by atoms with Gasteiger partial charge in [0, 0.05) is 12.8 Å². The van der Waals surface area contributed by atoms with Crippen molar-refractivity contribution in [2.75, 3.05) is 47.5 Å². The number of quaternary nitrogens is 1. The number of esters is 2. The van der Waals surface area contributed by atoms with Crippen molar-refractivity contribution in [2.45, 2.75) is 341 Å². The SMILES string of the molecule is CC/C=C\C/C=C\C/C=C\C/C=C\C/C=C\CCCCCCCCCCCCCCCCCCCCCCCCCC(=O)OC(COC(=O)CCCCCCCCCCCC/C=C\C/C=C\C/C=C\CCCCCCC)COP(=O)([O-])OCC[N+](C)(C)C. The third-order valence-corrected chi connectivity index (χ3v) is 17.1. The number of phosphoric ester groups is 1. The molecule has 2 atom stereocenters. The van der Waals surface area contributed by atoms with E-state index in [1.165, 1.54) is 218 Å². The summed E-state index contributed by atoms with van der Waals surface area (Å²) in [5, 5.41) is 0. The van der Waals surface area contributed by atoms with Gasteiger partial charge in [-0.15, -0.1) is 0 Å². The maximum atomic E-state index is 12.9. The number of allylic oxidation sites excluding steroid dienone is 16. The summed E-state index contributed by atoms with van der Waals surface area (Å²) in [7, 11) is 1.17. The average molecular weight is 1250 g/mol. The Kier molecular flexibility index (Phi) is 65.9. The number of rotatable bonds is 68. The highest BCUT2D eigenvalue weighted by molar-refractivity contribution is 7.45. The van der Waals surface area contributed by atoms with Crippen LogP contribution in [0.5, 0.6) is 0 Å². The van der Waals surface area contributed by atoms with Crippen molar-refractivity contribution < 1.29 is 42.1 Å². The predicted molar refractivity (Wildman–Crippen MR) is 379 cm³/mol. The fourth-order valence-electron chi connectivity index (χ4n) is 10.5. The summed E-state index contributed by atoms with van der Waals surface area (Å²) >= 11 is 0. The van der Waals surface area contributed by atoms with E-state index in [4.69, 9.17) is 18.5 Å². The van der Waals surface area contributed by atoms with Gasteiger partial charge in [0.2, 0.25) is 0 Å². The van der Waals surface area contributed by atoms with Gasteiger partial charge in [-0.3, -0.25) is 14.2 Å². The Bertz CT molecular complexity index is 1810. The van der Waals surface area contributed by atoms with E-state index in [0.29, 0.717) is 17.4 Å². The molecule has 10 heteroatoms. The van der Waals surface area contributed by atoms with Crippen LogP contribution in [0.1, 0.15) is 335 Å². The molecule has 0 aromatic heterocycles. The van der Waals surface area contributed by atoms with Crippen molar-refractivity contribution in [3.05, 3.63) is 97.2 Å². The van der Waals surface area contributed by atoms with Crippen LogP contribution in [0.4, 0.5) is 0 Å². The quantitative estimate of drug-likeness (QED) is 0.0195. The molecule has 0 aromatic rings. The summed E-state index contributed by atoms with van der Waals surface area (Å²) in [6.07, 6.45) is 95.0. The second-order valence-corrected chi connectivity index (χ2v) is 27.3. The molecule has 0 rings (SSSR count). The normalized spacial score (nSPS) is 13.7. The maximum Gasteiger partial charge on any atom is 0.306 e. The molecule has 0 aliphatic rings. The van der Waals surface area contributed by atoms with Gasteiger partial charge >= 0.3 is 11.9 Å². The molecule has 0 heterocycles. The van der Waals surface area contributed by atoms with E-state index >= 15 is 0 Å². The molecule has 0 aromatic carbocycles. The molecule has 0 amide bonds. The Balaban J connectivity index is 3.97. The second-order valence-electron chi connectivity index (χ2n) is 25.9. The number of hydrogen-bond donors (Lipinski definition) is 0. The summed E-state index contributed by atoms with van der Waals surface area (Å²) in [5.74, 6) is -0.826. The van der Waals surface area contributed by atoms with Crippen molar-refractivity contribution in [2.24, 2.45) is 0 Å². The maximum absolute atomic E-state index is 12.9. The fraction of sp³-hybridized carbons (Fsp3) is 0.769. The first-order valence-electron chi connectivity index (χ1n) is 36.9. The first-order chi connectivity index (χ1) is 43.0.